The maximum Gasteiger partial charge on any atom is 0.338 e. The smallest absolute Gasteiger partial charge is 0.338 e. The molecule has 0 aromatic heterocycles. The number of fused-ring (bicyclic) bond motifs is 3. The Morgan fingerprint density at radius 1 is 1.03 bits per heavy atom. The lowest BCUT2D eigenvalue weighted by molar-refractivity contribution is -0.0784. The first-order chi connectivity index (χ1) is 14.6. The standard InChI is InChI=1S/C27H34O4/c1-17(29-14-15-30-25(28)18-10-8-7-9-11-18)31-19-12-13-20-21(16-19)23-24(27(23,5)6)22(20)26(2,3)4/h7-13,16-17,22-24H,14-15H2,1-6H3. The molecule has 4 rings (SSSR count). The van der Waals surface area contributed by atoms with Gasteiger partial charge in [0.05, 0.1) is 12.2 Å². The molecule has 0 N–H and O–H groups in total. The number of benzene rings is 2. The van der Waals surface area contributed by atoms with Crippen LogP contribution in [0.1, 0.15) is 74.9 Å². The molecule has 2 aromatic carbocycles. The third-order valence-electron chi connectivity index (χ3n) is 6.91. The zero-order valence-electron chi connectivity index (χ0n) is 19.5. The highest BCUT2D eigenvalue weighted by Crippen LogP contribution is 2.77. The molecular formula is C27H34O4. The number of esters is 1. The maximum atomic E-state index is 12.0. The van der Waals surface area contributed by atoms with Crippen molar-refractivity contribution in [1.29, 1.82) is 0 Å². The molecule has 0 aliphatic heterocycles. The highest BCUT2D eigenvalue weighted by Gasteiger charge is 2.67. The molecule has 0 spiro atoms. The van der Waals surface area contributed by atoms with E-state index in [1.54, 1.807) is 12.1 Å². The Hall–Kier alpha value is -2.33. The minimum absolute atomic E-state index is 0.191. The van der Waals surface area contributed by atoms with Crippen LogP contribution in [0.4, 0.5) is 0 Å². The molecule has 1 saturated carbocycles. The molecule has 31 heavy (non-hydrogen) atoms. The summed E-state index contributed by atoms with van der Waals surface area (Å²) in [5.74, 6) is 2.41. The largest absolute Gasteiger partial charge is 0.465 e. The summed E-state index contributed by atoms with van der Waals surface area (Å²) in [5.41, 5.74) is 4.07. The number of carbonyl (C=O) groups excluding carboxylic acids is 1. The second-order valence-electron chi connectivity index (χ2n) is 10.5. The van der Waals surface area contributed by atoms with Crippen LogP contribution in [0, 0.1) is 16.7 Å². The van der Waals surface area contributed by atoms with Crippen LogP contribution in [0.3, 0.4) is 0 Å². The van der Waals surface area contributed by atoms with Crippen LogP contribution in [0.25, 0.3) is 0 Å². The van der Waals surface area contributed by atoms with E-state index in [1.807, 2.05) is 25.1 Å². The SMILES string of the molecule is CC(OCCOC(=O)c1ccccc1)Oc1ccc2c(c1)C1C(C2C(C)(C)C)C1(C)C. The Labute approximate surface area is 185 Å². The van der Waals surface area contributed by atoms with Gasteiger partial charge < -0.3 is 14.2 Å². The quantitative estimate of drug-likeness (QED) is 0.304. The monoisotopic (exact) mass is 422 g/mol. The summed E-state index contributed by atoms with van der Waals surface area (Å²) in [7, 11) is 0. The molecule has 0 radical (unpaired) electrons. The average molecular weight is 423 g/mol. The summed E-state index contributed by atoms with van der Waals surface area (Å²) < 4.78 is 17.0. The molecule has 166 valence electrons. The Morgan fingerprint density at radius 3 is 2.42 bits per heavy atom. The van der Waals surface area contributed by atoms with Crippen LogP contribution in [-0.4, -0.2) is 25.5 Å². The Bertz CT molecular complexity index is 941. The van der Waals surface area contributed by atoms with Gasteiger partial charge in [0.2, 0.25) is 0 Å². The van der Waals surface area contributed by atoms with Crippen LogP contribution in [0.5, 0.6) is 5.75 Å². The van der Waals surface area contributed by atoms with Crippen molar-refractivity contribution >= 4 is 5.97 Å². The Kier molecular flexibility index (Phi) is 5.63. The van der Waals surface area contributed by atoms with Crippen molar-refractivity contribution in [3.63, 3.8) is 0 Å². The van der Waals surface area contributed by atoms with Crippen molar-refractivity contribution in [2.75, 3.05) is 13.2 Å². The molecule has 4 heteroatoms. The third kappa shape index (κ3) is 4.23. The van der Waals surface area contributed by atoms with E-state index < -0.39 is 6.29 Å². The van der Waals surface area contributed by atoms with Gasteiger partial charge in [0.1, 0.15) is 12.4 Å². The summed E-state index contributed by atoms with van der Waals surface area (Å²) >= 11 is 0. The zero-order chi connectivity index (χ0) is 22.4. The first-order valence-corrected chi connectivity index (χ1v) is 11.2. The molecule has 0 heterocycles. The molecular weight excluding hydrogens is 388 g/mol. The lowest BCUT2D eigenvalue weighted by Gasteiger charge is -2.32. The van der Waals surface area contributed by atoms with E-state index in [1.165, 1.54) is 11.1 Å². The van der Waals surface area contributed by atoms with Crippen molar-refractivity contribution in [3.05, 3.63) is 65.2 Å². The highest BCUT2D eigenvalue weighted by atomic mass is 16.7. The van der Waals surface area contributed by atoms with Crippen molar-refractivity contribution in [2.24, 2.45) is 16.7 Å². The number of hydrogen-bond donors (Lipinski definition) is 0. The van der Waals surface area contributed by atoms with E-state index >= 15 is 0 Å². The zero-order valence-corrected chi connectivity index (χ0v) is 19.5. The summed E-state index contributed by atoms with van der Waals surface area (Å²) in [6, 6.07) is 15.5. The first-order valence-electron chi connectivity index (χ1n) is 11.2. The van der Waals surface area contributed by atoms with E-state index in [4.69, 9.17) is 14.2 Å². The fourth-order valence-corrected chi connectivity index (χ4v) is 5.50. The number of hydrogen-bond acceptors (Lipinski definition) is 4. The normalized spacial score (nSPS) is 24.1. The van der Waals surface area contributed by atoms with E-state index in [0.29, 0.717) is 28.7 Å². The molecule has 0 amide bonds. The summed E-state index contributed by atoms with van der Waals surface area (Å²) in [6.07, 6.45) is -0.420. The maximum absolute atomic E-state index is 12.0. The van der Waals surface area contributed by atoms with Gasteiger partial charge >= 0.3 is 5.97 Å². The topological polar surface area (TPSA) is 44.8 Å². The third-order valence-corrected chi connectivity index (χ3v) is 6.91. The molecule has 1 fully saturated rings. The Morgan fingerprint density at radius 2 is 1.74 bits per heavy atom. The van der Waals surface area contributed by atoms with Gasteiger partial charge in [0, 0.05) is 0 Å². The minimum Gasteiger partial charge on any atom is -0.465 e. The van der Waals surface area contributed by atoms with Crippen molar-refractivity contribution in [3.8, 4) is 5.75 Å². The lowest BCUT2D eigenvalue weighted by Crippen LogP contribution is -2.22. The minimum atomic E-state index is -0.420. The Balaban J connectivity index is 1.31. The number of ether oxygens (including phenoxy) is 3. The van der Waals surface area contributed by atoms with Crippen molar-refractivity contribution in [1.82, 2.24) is 0 Å². The molecule has 4 nitrogen and oxygen atoms in total. The van der Waals surface area contributed by atoms with Crippen molar-refractivity contribution < 1.29 is 19.0 Å². The van der Waals surface area contributed by atoms with Crippen LogP contribution >= 0.6 is 0 Å². The van der Waals surface area contributed by atoms with Crippen LogP contribution in [0.2, 0.25) is 0 Å². The molecule has 2 aromatic rings. The summed E-state index contributed by atoms with van der Waals surface area (Å²) in [5, 5.41) is 0. The second-order valence-corrected chi connectivity index (χ2v) is 10.5. The van der Waals surface area contributed by atoms with E-state index in [2.05, 4.69) is 52.8 Å². The van der Waals surface area contributed by atoms with Gasteiger partial charge in [0.15, 0.2) is 6.29 Å². The fraction of sp³-hybridized carbons (Fsp3) is 0.519. The first kappa shape index (κ1) is 21.9. The van der Waals surface area contributed by atoms with Gasteiger partial charge in [-0.3, -0.25) is 0 Å². The number of rotatable bonds is 7. The lowest BCUT2D eigenvalue weighted by atomic mass is 9.72. The average Bonchev–Trinajstić information content (AvgIpc) is 3.07. The summed E-state index contributed by atoms with van der Waals surface area (Å²) in [4.78, 5) is 12.0. The second kappa shape index (κ2) is 7.98. The van der Waals surface area contributed by atoms with Crippen LogP contribution < -0.4 is 4.74 Å². The van der Waals surface area contributed by atoms with Gasteiger partial charge in [-0.15, -0.1) is 0 Å². The van der Waals surface area contributed by atoms with E-state index in [-0.39, 0.29) is 24.6 Å². The van der Waals surface area contributed by atoms with Gasteiger partial charge in [-0.1, -0.05) is 58.9 Å². The summed E-state index contributed by atoms with van der Waals surface area (Å²) in [6.45, 7) is 14.2. The molecule has 4 atom stereocenters. The molecule has 2 aliphatic carbocycles. The number of carbonyl (C=O) groups is 1. The molecule has 4 unspecified atom stereocenters. The van der Waals surface area contributed by atoms with E-state index in [0.717, 1.165) is 5.75 Å². The predicted molar refractivity (Wildman–Crippen MR) is 121 cm³/mol. The van der Waals surface area contributed by atoms with Gasteiger partial charge in [-0.05, 0) is 70.9 Å². The molecule has 0 saturated heterocycles. The van der Waals surface area contributed by atoms with Gasteiger partial charge in [-0.2, -0.15) is 0 Å². The van der Waals surface area contributed by atoms with Crippen LogP contribution in [-0.2, 0) is 9.47 Å². The van der Waals surface area contributed by atoms with Crippen molar-refractivity contribution in [2.45, 2.75) is 59.7 Å². The van der Waals surface area contributed by atoms with Gasteiger partial charge in [0.25, 0.3) is 0 Å². The molecule has 2 aliphatic rings. The van der Waals surface area contributed by atoms with E-state index in [9.17, 15) is 4.79 Å². The highest BCUT2D eigenvalue weighted by molar-refractivity contribution is 5.89. The van der Waals surface area contributed by atoms with Gasteiger partial charge in [-0.25, -0.2) is 4.79 Å². The molecule has 0 bridgehead atoms. The predicted octanol–water partition coefficient (Wildman–Crippen LogP) is 6.17. The van der Waals surface area contributed by atoms with Crippen LogP contribution in [0.15, 0.2) is 48.5 Å². The fourth-order valence-electron chi connectivity index (χ4n) is 5.50.